The SMILES string of the molecule is NC1CCC(C(=O)NCCCOCC2CC2)CC1. The number of carbonyl (C=O) groups excluding carboxylic acids is 1. The molecule has 18 heavy (non-hydrogen) atoms. The van der Waals surface area contributed by atoms with Gasteiger partial charge >= 0.3 is 0 Å². The average molecular weight is 254 g/mol. The third kappa shape index (κ3) is 4.94. The van der Waals surface area contributed by atoms with E-state index in [0.29, 0.717) is 6.04 Å². The van der Waals surface area contributed by atoms with Crippen molar-refractivity contribution in [3.8, 4) is 0 Å². The van der Waals surface area contributed by atoms with Gasteiger partial charge in [0.15, 0.2) is 0 Å². The smallest absolute Gasteiger partial charge is 0.223 e. The second-order valence-electron chi connectivity index (χ2n) is 5.77. The fraction of sp³-hybridized carbons (Fsp3) is 0.929. The van der Waals surface area contributed by atoms with Gasteiger partial charge in [-0.15, -0.1) is 0 Å². The molecule has 0 spiro atoms. The van der Waals surface area contributed by atoms with E-state index >= 15 is 0 Å². The first-order valence-electron chi connectivity index (χ1n) is 7.36. The first-order valence-corrected chi connectivity index (χ1v) is 7.36. The zero-order valence-corrected chi connectivity index (χ0v) is 11.2. The van der Waals surface area contributed by atoms with Crippen LogP contribution in [0.1, 0.15) is 44.9 Å². The summed E-state index contributed by atoms with van der Waals surface area (Å²) in [6.07, 6.45) is 7.47. The molecular weight excluding hydrogens is 228 g/mol. The molecule has 104 valence electrons. The van der Waals surface area contributed by atoms with E-state index in [4.69, 9.17) is 10.5 Å². The van der Waals surface area contributed by atoms with Crippen LogP contribution in [0, 0.1) is 11.8 Å². The number of nitrogens with two attached hydrogens (primary N) is 1. The number of rotatable bonds is 7. The van der Waals surface area contributed by atoms with Crippen LogP contribution >= 0.6 is 0 Å². The van der Waals surface area contributed by atoms with E-state index in [-0.39, 0.29) is 11.8 Å². The summed E-state index contributed by atoms with van der Waals surface area (Å²) in [5.74, 6) is 1.23. The van der Waals surface area contributed by atoms with E-state index in [2.05, 4.69) is 5.32 Å². The van der Waals surface area contributed by atoms with Crippen LogP contribution in [0.4, 0.5) is 0 Å². The van der Waals surface area contributed by atoms with E-state index in [9.17, 15) is 4.79 Å². The minimum atomic E-state index is 0.192. The minimum absolute atomic E-state index is 0.192. The zero-order valence-electron chi connectivity index (χ0n) is 11.2. The molecule has 2 saturated carbocycles. The van der Waals surface area contributed by atoms with Gasteiger partial charge in [0.25, 0.3) is 0 Å². The summed E-state index contributed by atoms with van der Waals surface area (Å²) in [4.78, 5) is 11.9. The highest BCUT2D eigenvalue weighted by molar-refractivity contribution is 5.78. The fourth-order valence-corrected chi connectivity index (χ4v) is 2.45. The van der Waals surface area contributed by atoms with Gasteiger partial charge in [0.1, 0.15) is 0 Å². The Bertz CT molecular complexity index is 259. The van der Waals surface area contributed by atoms with Gasteiger partial charge in [0.2, 0.25) is 5.91 Å². The van der Waals surface area contributed by atoms with Crippen molar-refractivity contribution >= 4 is 5.91 Å². The number of hydrogen-bond donors (Lipinski definition) is 2. The summed E-state index contributed by atoms with van der Waals surface area (Å²) in [6.45, 7) is 2.42. The van der Waals surface area contributed by atoms with Crippen molar-refractivity contribution in [1.29, 1.82) is 0 Å². The highest BCUT2D eigenvalue weighted by Crippen LogP contribution is 2.28. The molecule has 0 saturated heterocycles. The molecule has 0 atom stereocenters. The first-order chi connectivity index (χ1) is 8.75. The molecule has 1 amide bonds. The maximum Gasteiger partial charge on any atom is 0.223 e. The largest absolute Gasteiger partial charge is 0.381 e. The monoisotopic (exact) mass is 254 g/mol. The number of ether oxygens (including phenoxy) is 1. The number of carbonyl (C=O) groups is 1. The Balaban J connectivity index is 1.46. The normalized spacial score (nSPS) is 28.1. The van der Waals surface area contributed by atoms with Gasteiger partial charge in [-0.3, -0.25) is 4.79 Å². The zero-order chi connectivity index (χ0) is 12.8. The van der Waals surface area contributed by atoms with E-state index in [1.807, 2.05) is 0 Å². The third-order valence-electron chi connectivity index (χ3n) is 3.96. The molecule has 0 aliphatic heterocycles. The fourth-order valence-electron chi connectivity index (χ4n) is 2.45. The van der Waals surface area contributed by atoms with E-state index in [1.165, 1.54) is 12.8 Å². The quantitative estimate of drug-likeness (QED) is 0.676. The topological polar surface area (TPSA) is 64.4 Å². The average Bonchev–Trinajstić information content (AvgIpc) is 3.18. The van der Waals surface area contributed by atoms with Crippen LogP contribution in [0.25, 0.3) is 0 Å². The maximum absolute atomic E-state index is 11.9. The summed E-state index contributed by atoms with van der Waals surface area (Å²) >= 11 is 0. The second-order valence-corrected chi connectivity index (χ2v) is 5.77. The van der Waals surface area contributed by atoms with Crippen LogP contribution in [0.2, 0.25) is 0 Å². The van der Waals surface area contributed by atoms with Crippen molar-refractivity contribution in [1.82, 2.24) is 5.32 Å². The lowest BCUT2D eigenvalue weighted by atomic mass is 9.86. The summed E-state index contributed by atoms with van der Waals surface area (Å²) in [5.41, 5.74) is 5.83. The van der Waals surface area contributed by atoms with Crippen molar-refractivity contribution in [3.63, 3.8) is 0 Å². The summed E-state index contributed by atoms with van der Waals surface area (Å²) < 4.78 is 5.53. The van der Waals surface area contributed by atoms with Crippen LogP contribution in [0.15, 0.2) is 0 Å². The number of amides is 1. The molecule has 2 fully saturated rings. The summed E-state index contributed by atoms with van der Waals surface area (Å²) in [5, 5.41) is 3.01. The molecular formula is C14H26N2O2. The summed E-state index contributed by atoms with van der Waals surface area (Å²) in [7, 11) is 0. The minimum Gasteiger partial charge on any atom is -0.381 e. The lowest BCUT2D eigenvalue weighted by Crippen LogP contribution is -2.36. The van der Waals surface area contributed by atoms with Gasteiger partial charge in [-0.25, -0.2) is 0 Å². The molecule has 0 aromatic carbocycles. The molecule has 4 heteroatoms. The predicted molar refractivity (Wildman–Crippen MR) is 71.1 cm³/mol. The van der Waals surface area contributed by atoms with E-state index < -0.39 is 0 Å². The van der Waals surface area contributed by atoms with E-state index in [0.717, 1.165) is 57.8 Å². The van der Waals surface area contributed by atoms with Gasteiger partial charge in [-0.1, -0.05) is 0 Å². The van der Waals surface area contributed by atoms with Crippen molar-refractivity contribution in [2.24, 2.45) is 17.6 Å². The highest BCUT2D eigenvalue weighted by atomic mass is 16.5. The molecule has 2 aliphatic carbocycles. The first kappa shape index (κ1) is 13.8. The van der Waals surface area contributed by atoms with Crippen LogP contribution in [-0.4, -0.2) is 31.7 Å². The van der Waals surface area contributed by atoms with Crippen molar-refractivity contribution < 1.29 is 9.53 Å². The molecule has 0 aromatic rings. The number of hydrogen-bond acceptors (Lipinski definition) is 3. The van der Waals surface area contributed by atoms with Crippen LogP contribution in [0.3, 0.4) is 0 Å². The Hall–Kier alpha value is -0.610. The Labute approximate surface area is 110 Å². The molecule has 4 nitrogen and oxygen atoms in total. The van der Waals surface area contributed by atoms with Crippen LogP contribution < -0.4 is 11.1 Å². The predicted octanol–water partition coefficient (Wildman–Crippen LogP) is 1.44. The maximum atomic E-state index is 11.9. The Morgan fingerprint density at radius 3 is 2.56 bits per heavy atom. The lowest BCUT2D eigenvalue weighted by molar-refractivity contribution is -0.126. The van der Waals surface area contributed by atoms with Crippen molar-refractivity contribution in [2.75, 3.05) is 19.8 Å². The van der Waals surface area contributed by atoms with Gasteiger partial charge in [0, 0.05) is 31.7 Å². The second kappa shape index (κ2) is 7.10. The Morgan fingerprint density at radius 2 is 1.89 bits per heavy atom. The van der Waals surface area contributed by atoms with Gasteiger partial charge < -0.3 is 15.8 Å². The molecule has 0 heterocycles. The number of nitrogens with one attached hydrogen (secondary N) is 1. The molecule has 0 bridgehead atoms. The summed E-state index contributed by atoms with van der Waals surface area (Å²) in [6, 6.07) is 0.310. The third-order valence-corrected chi connectivity index (χ3v) is 3.96. The molecule has 2 aliphatic rings. The van der Waals surface area contributed by atoms with Gasteiger partial charge in [-0.05, 0) is 50.9 Å². The van der Waals surface area contributed by atoms with Gasteiger partial charge in [-0.2, -0.15) is 0 Å². The highest BCUT2D eigenvalue weighted by Gasteiger charge is 2.24. The Kier molecular flexibility index (Phi) is 5.45. The van der Waals surface area contributed by atoms with Crippen LogP contribution in [-0.2, 0) is 9.53 Å². The standard InChI is InChI=1S/C14H26N2O2/c15-13-6-4-12(5-7-13)14(17)16-8-1-9-18-10-11-2-3-11/h11-13H,1-10,15H2,(H,16,17). The van der Waals surface area contributed by atoms with Gasteiger partial charge in [0.05, 0.1) is 0 Å². The Morgan fingerprint density at radius 1 is 1.17 bits per heavy atom. The molecule has 2 rings (SSSR count). The molecule has 0 aromatic heterocycles. The lowest BCUT2D eigenvalue weighted by Gasteiger charge is -2.25. The molecule has 0 radical (unpaired) electrons. The van der Waals surface area contributed by atoms with E-state index in [1.54, 1.807) is 0 Å². The van der Waals surface area contributed by atoms with Crippen LogP contribution in [0.5, 0.6) is 0 Å². The van der Waals surface area contributed by atoms with Crippen molar-refractivity contribution in [3.05, 3.63) is 0 Å². The molecule has 3 N–H and O–H groups in total. The molecule has 0 unspecified atom stereocenters. The van der Waals surface area contributed by atoms with Crippen molar-refractivity contribution in [2.45, 2.75) is 51.0 Å².